The highest BCUT2D eigenvalue weighted by atomic mass is 16.7. The van der Waals surface area contributed by atoms with Crippen LogP contribution in [-0.4, -0.2) is 16.8 Å². The summed E-state index contributed by atoms with van der Waals surface area (Å²) < 4.78 is 10.5. The highest BCUT2D eigenvalue weighted by Gasteiger charge is 1.97. The Balaban J connectivity index is 1.83. The van der Waals surface area contributed by atoms with E-state index in [4.69, 9.17) is 20.9 Å². The zero-order valence-electron chi connectivity index (χ0n) is 9.04. The van der Waals surface area contributed by atoms with E-state index in [9.17, 15) is 0 Å². The minimum absolute atomic E-state index is 0.0217. The number of hydrogen-bond acceptors (Lipinski definition) is 6. The predicted octanol–water partition coefficient (Wildman–Crippen LogP) is 1.06. The minimum Gasteiger partial charge on any atom is -0.440 e. The van der Waals surface area contributed by atoms with Crippen molar-refractivity contribution in [1.82, 2.24) is 9.97 Å². The van der Waals surface area contributed by atoms with Crippen molar-refractivity contribution >= 4 is 11.4 Å². The van der Waals surface area contributed by atoms with Gasteiger partial charge in [0.15, 0.2) is 0 Å². The van der Waals surface area contributed by atoms with Crippen LogP contribution in [0.15, 0.2) is 36.7 Å². The lowest BCUT2D eigenvalue weighted by Gasteiger charge is -2.06. The van der Waals surface area contributed by atoms with Crippen molar-refractivity contribution in [2.75, 3.05) is 18.3 Å². The molecule has 0 unspecified atom stereocenters. The highest BCUT2D eigenvalue weighted by Crippen LogP contribution is 2.11. The van der Waals surface area contributed by atoms with E-state index in [1.165, 1.54) is 12.4 Å². The molecule has 0 atom stereocenters. The zero-order valence-corrected chi connectivity index (χ0v) is 9.04. The summed E-state index contributed by atoms with van der Waals surface area (Å²) in [5, 5.41) is 0. The van der Waals surface area contributed by atoms with E-state index in [0.29, 0.717) is 23.1 Å². The van der Waals surface area contributed by atoms with Gasteiger partial charge in [-0.25, -0.2) is 9.97 Å². The van der Waals surface area contributed by atoms with Gasteiger partial charge in [0.2, 0.25) is 18.6 Å². The highest BCUT2D eigenvalue weighted by molar-refractivity contribution is 5.36. The third-order valence-electron chi connectivity index (χ3n) is 1.93. The molecule has 2 rings (SSSR count). The van der Waals surface area contributed by atoms with Crippen LogP contribution in [-0.2, 0) is 0 Å². The molecule has 2 heterocycles. The molecule has 0 aromatic carbocycles. The molecule has 0 aliphatic rings. The van der Waals surface area contributed by atoms with Crippen molar-refractivity contribution in [2.24, 2.45) is 0 Å². The fraction of sp³-hybridized carbons (Fsp3) is 0.0909. The molecule has 2 aromatic heterocycles. The van der Waals surface area contributed by atoms with Gasteiger partial charge >= 0.3 is 0 Å². The number of aromatic nitrogens is 2. The number of nitrogen functional groups attached to an aromatic ring is 2. The second kappa shape index (κ2) is 5.02. The lowest BCUT2D eigenvalue weighted by molar-refractivity contribution is 0.110. The Bertz CT molecular complexity index is 424. The van der Waals surface area contributed by atoms with E-state index in [1.807, 2.05) is 0 Å². The van der Waals surface area contributed by atoms with E-state index >= 15 is 0 Å². The Morgan fingerprint density at radius 3 is 1.65 bits per heavy atom. The number of ether oxygens (including phenoxy) is 2. The van der Waals surface area contributed by atoms with Crippen molar-refractivity contribution in [3.8, 4) is 11.8 Å². The second-order valence-electron chi connectivity index (χ2n) is 3.27. The average Bonchev–Trinajstić information content (AvgIpc) is 2.34. The van der Waals surface area contributed by atoms with Crippen molar-refractivity contribution < 1.29 is 9.47 Å². The fourth-order valence-corrected chi connectivity index (χ4v) is 1.10. The van der Waals surface area contributed by atoms with Crippen molar-refractivity contribution in [1.29, 1.82) is 0 Å². The van der Waals surface area contributed by atoms with Gasteiger partial charge in [-0.05, 0) is 12.1 Å². The summed E-state index contributed by atoms with van der Waals surface area (Å²) in [6, 6.07) is 6.72. The number of nitrogens with two attached hydrogens (primary N) is 2. The number of rotatable bonds is 4. The van der Waals surface area contributed by atoms with Gasteiger partial charge in [-0.3, -0.25) is 0 Å². The van der Waals surface area contributed by atoms with E-state index in [1.54, 1.807) is 24.3 Å². The molecule has 88 valence electrons. The molecule has 0 aliphatic carbocycles. The Labute approximate surface area is 98.2 Å². The lowest BCUT2D eigenvalue weighted by atomic mass is 10.4. The normalized spacial score (nSPS) is 9.88. The molecular formula is C11H12N4O2. The Hall–Kier alpha value is -2.50. The maximum atomic E-state index is 5.49. The van der Waals surface area contributed by atoms with E-state index in [0.717, 1.165) is 0 Å². The first-order valence-electron chi connectivity index (χ1n) is 4.93. The first-order valence-corrected chi connectivity index (χ1v) is 4.93. The molecule has 0 spiro atoms. The third kappa shape index (κ3) is 3.23. The topological polar surface area (TPSA) is 96.3 Å². The number of pyridine rings is 2. The Morgan fingerprint density at radius 1 is 0.824 bits per heavy atom. The largest absolute Gasteiger partial charge is 0.440 e. The molecule has 0 saturated heterocycles. The SMILES string of the molecule is Nc1ccc(OCOc2ccc(N)cn2)nc1. The van der Waals surface area contributed by atoms with Gasteiger partial charge in [0.05, 0.1) is 23.8 Å². The van der Waals surface area contributed by atoms with Gasteiger partial charge in [0.1, 0.15) is 0 Å². The molecule has 0 aliphatic heterocycles. The van der Waals surface area contributed by atoms with Crippen LogP contribution in [0, 0.1) is 0 Å². The van der Waals surface area contributed by atoms with Crippen molar-refractivity contribution in [2.45, 2.75) is 0 Å². The molecule has 0 radical (unpaired) electrons. The third-order valence-corrected chi connectivity index (χ3v) is 1.93. The molecule has 4 N–H and O–H groups in total. The van der Waals surface area contributed by atoms with Gasteiger partial charge in [-0.2, -0.15) is 0 Å². The average molecular weight is 232 g/mol. The molecule has 6 heteroatoms. The quantitative estimate of drug-likeness (QED) is 0.765. The summed E-state index contributed by atoms with van der Waals surface area (Å²) in [6.45, 7) is 0.0217. The first kappa shape index (κ1) is 11.0. The summed E-state index contributed by atoms with van der Waals surface area (Å²) in [5.74, 6) is 0.879. The zero-order chi connectivity index (χ0) is 12.1. The summed E-state index contributed by atoms with van der Waals surface area (Å²) in [4.78, 5) is 7.91. The van der Waals surface area contributed by atoms with Crippen LogP contribution >= 0.6 is 0 Å². The monoisotopic (exact) mass is 232 g/mol. The van der Waals surface area contributed by atoms with E-state index in [-0.39, 0.29) is 6.79 Å². The summed E-state index contributed by atoms with van der Waals surface area (Å²) in [7, 11) is 0. The van der Waals surface area contributed by atoms with Crippen molar-refractivity contribution in [3.63, 3.8) is 0 Å². The molecule has 0 saturated carbocycles. The Kier molecular flexibility index (Phi) is 3.25. The van der Waals surface area contributed by atoms with Gasteiger partial charge in [0.25, 0.3) is 0 Å². The van der Waals surface area contributed by atoms with Gasteiger partial charge < -0.3 is 20.9 Å². The van der Waals surface area contributed by atoms with Crippen LogP contribution in [0.1, 0.15) is 0 Å². The molecule has 0 amide bonds. The Morgan fingerprint density at radius 2 is 1.29 bits per heavy atom. The minimum atomic E-state index is 0.0217. The summed E-state index contributed by atoms with van der Waals surface area (Å²) in [5.41, 5.74) is 12.1. The number of hydrogen-bond donors (Lipinski definition) is 2. The molecule has 6 nitrogen and oxygen atoms in total. The van der Waals surface area contributed by atoms with E-state index in [2.05, 4.69) is 9.97 Å². The number of nitrogens with zero attached hydrogens (tertiary/aromatic N) is 2. The van der Waals surface area contributed by atoms with Crippen molar-refractivity contribution in [3.05, 3.63) is 36.7 Å². The van der Waals surface area contributed by atoms with E-state index < -0.39 is 0 Å². The summed E-state index contributed by atoms with van der Waals surface area (Å²) >= 11 is 0. The first-order chi connectivity index (χ1) is 8.24. The molecule has 0 fully saturated rings. The van der Waals surface area contributed by atoms with Crippen LogP contribution in [0.4, 0.5) is 11.4 Å². The maximum absolute atomic E-state index is 5.49. The van der Waals surface area contributed by atoms with Gasteiger partial charge in [0, 0.05) is 12.1 Å². The second-order valence-corrected chi connectivity index (χ2v) is 3.27. The molecule has 17 heavy (non-hydrogen) atoms. The van der Waals surface area contributed by atoms with Gasteiger partial charge in [-0.15, -0.1) is 0 Å². The predicted molar refractivity (Wildman–Crippen MR) is 63.4 cm³/mol. The summed E-state index contributed by atoms with van der Waals surface area (Å²) in [6.07, 6.45) is 3.02. The smallest absolute Gasteiger partial charge is 0.234 e. The fourth-order valence-electron chi connectivity index (χ4n) is 1.10. The molecular weight excluding hydrogens is 220 g/mol. The van der Waals surface area contributed by atoms with Crippen LogP contribution in [0.25, 0.3) is 0 Å². The maximum Gasteiger partial charge on any atom is 0.234 e. The van der Waals surface area contributed by atoms with Crippen LogP contribution in [0.2, 0.25) is 0 Å². The van der Waals surface area contributed by atoms with Crippen LogP contribution < -0.4 is 20.9 Å². The van der Waals surface area contributed by atoms with Crippen LogP contribution in [0.5, 0.6) is 11.8 Å². The van der Waals surface area contributed by atoms with Crippen LogP contribution in [0.3, 0.4) is 0 Å². The molecule has 0 bridgehead atoms. The lowest BCUT2D eigenvalue weighted by Crippen LogP contribution is -2.07. The standard InChI is InChI=1S/C11H12N4O2/c12-8-1-3-10(14-5-8)16-7-17-11-4-2-9(13)6-15-11/h1-6H,7,12-13H2. The number of anilines is 2. The molecule has 2 aromatic rings. The van der Waals surface area contributed by atoms with Gasteiger partial charge in [-0.1, -0.05) is 0 Å².